The van der Waals surface area contributed by atoms with Gasteiger partial charge in [0.1, 0.15) is 6.29 Å². The Labute approximate surface area is 123 Å². The predicted molar refractivity (Wildman–Crippen MR) is 84.7 cm³/mol. The van der Waals surface area contributed by atoms with Crippen molar-refractivity contribution in [2.75, 3.05) is 13.6 Å². The van der Waals surface area contributed by atoms with Gasteiger partial charge in [-0.2, -0.15) is 0 Å². The molecule has 0 amide bonds. The number of carbonyl (C=O) groups excluding carboxylic acids is 1. The molecule has 2 heteroatoms. The topological polar surface area (TPSA) is 20.3 Å². The largest absolute Gasteiger partial charge is 0.299 e. The van der Waals surface area contributed by atoms with Crippen LogP contribution in [0.5, 0.6) is 0 Å². The SMILES string of the molecule is CC(C)C1CCC(N(C)CC2=CC=C(C=O)CC2)CC1. The molecule has 0 atom stereocenters. The summed E-state index contributed by atoms with van der Waals surface area (Å²) in [7, 11) is 2.26. The summed E-state index contributed by atoms with van der Waals surface area (Å²) < 4.78 is 0. The van der Waals surface area contributed by atoms with Crippen LogP contribution in [0.4, 0.5) is 0 Å². The number of carbonyl (C=O) groups is 1. The van der Waals surface area contributed by atoms with E-state index in [9.17, 15) is 4.79 Å². The molecule has 112 valence electrons. The molecule has 0 radical (unpaired) electrons. The van der Waals surface area contributed by atoms with E-state index in [1.165, 1.54) is 31.3 Å². The average molecular weight is 275 g/mol. The number of likely N-dealkylation sites (N-methyl/N-ethyl adjacent to an activating group) is 1. The highest BCUT2D eigenvalue weighted by Gasteiger charge is 2.25. The van der Waals surface area contributed by atoms with Gasteiger partial charge in [-0.3, -0.25) is 9.69 Å². The maximum Gasteiger partial charge on any atom is 0.146 e. The van der Waals surface area contributed by atoms with Gasteiger partial charge < -0.3 is 0 Å². The molecule has 2 aliphatic carbocycles. The van der Waals surface area contributed by atoms with Gasteiger partial charge in [-0.25, -0.2) is 0 Å². The van der Waals surface area contributed by atoms with Crippen LogP contribution in [0.25, 0.3) is 0 Å². The Morgan fingerprint density at radius 1 is 1.20 bits per heavy atom. The molecule has 2 nitrogen and oxygen atoms in total. The molecule has 2 rings (SSSR count). The van der Waals surface area contributed by atoms with Crippen LogP contribution >= 0.6 is 0 Å². The van der Waals surface area contributed by atoms with E-state index >= 15 is 0 Å². The Morgan fingerprint density at radius 3 is 2.40 bits per heavy atom. The van der Waals surface area contributed by atoms with E-state index in [1.807, 2.05) is 6.08 Å². The Kier molecular flexibility index (Phi) is 5.59. The van der Waals surface area contributed by atoms with Gasteiger partial charge in [-0.15, -0.1) is 0 Å². The van der Waals surface area contributed by atoms with Crippen molar-refractivity contribution in [2.24, 2.45) is 11.8 Å². The summed E-state index contributed by atoms with van der Waals surface area (Å²) in [5.74, 6) is 1.78. The van der Waals surface area contributed by atoms with Gasteiger partial charge in [0.05, 0.1) is 0 Å². The molecule has 0 heterocycles. The van der Waals surface area contributed by atoms with Crippen LogP contribution in [0.15, 0.2) is 23.3 Å². The van der Waals surface area contributed by atoms with Crippen LogP contribution in [0.1, 0.15) is 52.4 Å². The highest BCUT2D eigenvalue weighted by molar-refractivity contribution is 5.74. The van der Waals surface area contributed by atoms with Crippen molar-refractivity contribution < 1.29 is 4.79 Å². The number of allylic oxidation sites excluding steroid dienone is 3. The van der Waals surface area contributed by atoms with Crippen molar-refractivity contribution in [3.05, 3.63) is 23.3 Å². The van der Waals surface area contributed by atoms with Crippen molar-refractivity contribution in [3.8, 4) is 0 Å². The Balaban J connectivity index is 1.81. The molecular formula is C18H29NO. The predicted octanol–water partition coefficient (Wildman–Crippen LogP) is 3.98. The molecule has 0 saturated heterocycles. The molecule has 0 aromatic heterocycles. The maximum absolute atomic E-state index is 10.7. The van der Waals surface area contributed by atoms with E-state index in [-0.39, 0.29) is 0 Å². The number of aldehydes is 1. The van der Waals surface area contributed by atoms with Crippen LogP contribution in [0.2, 0.25) is 0 Å². The van der Waals surface area contributed by atoms with Crippen molar-refractivity contribution in [2.45, 2.75) is 58.4 Å². The molecule has 0 aromatic rings. The number of hydrogen-bond donors (Lipinski definition) is 0. The fourth-order valence-electron chi connectivity index (χ4n) is 3.58. The van der Waals surface area contributed by atoms with E-state index in [0.29, 0.717) is 0 Å². The average Bonchev–Trinajstić information content (AvgIpc) is 2.48. The molecule has 2 aliphatic rings. The van der Waals surface area contributed by atoms with Gasteiger partial charge in [-0.1, -0.05) is 31.6 Å². The summed E-state index contributed by atoms with van der Waals surface area (Å²) in [6, 6.07) is 0.752. The highest BCUT2D eigenvalue weighted by Crippen LogP contribution is 2.32. The van der Waals surface area contributed by atoms with Gasteiger partial charge >= 0.3 is 0 Å². The van der Waals surface area contributed by atoms with Gasteiger partial charge in [0.2, 0.25) is 0 Å². The zero-order valence-corrected chi connectivity index (χ0v) is 13.3. The van der Waals surface area contributed by atoms with Crippen molar-refractivity contribution >= 4 is 6.29 Å². The fourth-order valence-corrected chi connectivity index (χ4v) is 3.58. The first kappa shape index (κ1) is 15.5. The van der Waals surface area contributed by atoms with E-state index in [0.717, 1.165) is 49.1 Å². The molecule has 20 heavy (non-hydrogen) atoms. The minimum absolute atomic E-state index is 0.752. The van der Waals surface area contributed by atoms with E-state index in [4.69, 9.17) is 0 Å². The second kappa shape index (κ2) is 7.21. The first-order valence-electron chi connectivity index (χ1n) is 8.14. The molecule has 0 aliphatic heterocycles. The van der Waals surface area contributed by atoms with E-state index in [2.05, 4.69) is 31.9 Å². The summed E-state index contributed by atoms with van der Waals surface area (Å²) >= 11 is 0. The summed E-state index contributed by atoms with van der Waals surface area (Å²) in [5, 5.41) is 0. The lowest BCUT2D eigenvalue weighted by Crippen LogP contribution is -2.37. The Bertz CT molecular complexity index is 386. The lowest BCUT2D eigenvalue weighted by molar-refractivity contribution is -0.105. The number of rotatable bonds is 5. The second-order valence-corrected chi connectivity index (χ2v) is 6.91. The summed E-state index contributed by atoms with van der Waals surface area (Å²) in [4.78, 5) is 13.2. The maximum atomic E-state index is 10.7. The van der Waals surface area contributed by atoms with Gasteiger partial charge in [0, 0.05) is 12.6 Å². The smallest absolute Gasteiger partial charge is 0.146 e. The van der Waals surface area contributed by atoms with E-state index in [1.54, 1.807) is 0 Å². The molecule has 1 saturated carbocycles. The molecule has 1 fully saturated rings. The molecule has 0 bridgehead atoms. The van der Waals surface area contributed by atoms with Crippen molar-refractivity contribution in [3.63, 3.8) is 0 Å². The normalized spacial score (nSPS) is 27.4. The number of nitrogens with zero attached hydrogens (tertiary/aromatic N) is 1. The molecule has 0 spiro atoms. The second-order valence-electron chi connectivity index (χ2n) is 6.91. The van der Waals surface area contributed by atoms with Crippen LogP contribution in [0.3, 0.4) is 0 Å². The summed E-state index contributed by atoms with van der Waals surface area (Å²) in [6.07, 6.45) is 12.6. The van der Waals surface area contributed by atoms with Crippen LogP contribution in [-0.2, 0) is 4.79 Å². The zero-order valence-electron chi connectivity index (χ0n) is 13.3. The monoisotopic (exact) mass is 275 g/mol. The third-order valence-corrected chi connectivity index (χ3v) is 5.18. The third-order valence-electron chi connectivity index (χ3n) is 5.18. The van der Waals surface area contributed by atoms with Gasteiger partial charge in [0.25, 0.3) is 0 Å². The molecule has 0 N–H and O–H groups in total. The van der Waals surface area contributed by atoms with Crippen molar-refractivity contribution in [1.29, 1.82) is 0 Å². The lowest BCUT2D eigenvalue weighted by atomic mass is 9.79. The standard InChI is InChI=1S/C18H29NO/c1-14(2)17-8-10-18(11-9-17)19(3)12-15-4-6-16(13-20)7-5-15/h4,6,13-14,17-18H,5,7-12H2,1-3H3. The molecular weight excluding hydrogens is 246 g/mol. The highest BCUT2D eigenvalue weighted by atomic mass is 16.1. The Morgan fingerprint density at radius 2 is 1.90 bits per heavy atom. The lowest BCUT2D eigenvalue weighted by Gasteiger charge is -2.36. The quantitative estimate of drug-likeness (QED) is 0.707. The fraction of sp³-hybridized carbons (Fsp3) is 0.722. The summed E-state index contributed by atoms with van der Waals surface area (Å²) in [6.45, 7) is 5.79. The Hall–Kier alpha value is -0.890. The van der Waals surface area contributed by atoms with E-state index < -0.39 is 0 Å². The minimum atomic E-state index is 0.752. The van der Waals surface area contributed by atoms with Crippen LogP contribution < -0.4 is 0 Å². The van der Waals surface area contributed by atoms with Gasteiger partial charge in [0.15, 0.2) is 0 Å². The molecule has 0 unspecified atom stereocenters. The van der Waals surface area contributed by atoms with Crippen LogP contribution in [-0.4, -0.2) is 30.8 Å². The third kappa shape index (κ3) is 4.05. The first-order chi connectivity index (χ1) is 9.60. The number of hydrogen-bond acceptors (Lipinski definition) is 2. The van der Waals surface area contributed by atoms with Gasteiger partial charge in [-0.05, 0) is 63.0 Å². The van der Waals surface area contributed by atoms with Crippen LogP contribution in [0, 0.1) is 11.8 Å². The zero-order chi connectivity index (χ0) is 14.5. The minimum Gasteiger partial charge on any atom is -0.299 e. The molecule has 0 aromatic carbocycles. The van der Waals surface area contributed by atoms with Crippen molar-refractivity contribution in [1.82, 2.24) is 4.90 Å². The summed E-state index contributed by atoms with van der Waals surface area (Å²) in [5.41, 5.74) is 2.41. The first-order valence-corrected chi connectivity index (χ1v) is 8.14.